The number of carbonyl (C=O) groups excluding carboxylic acids is 2. The monoisotopic (exact) mass is 519 g/mol. The van der Waals surface area contributed by atoms with E-state index in [-0.39, 0.29) is 24.1 Å². The van der Waals surface area contributed by atoms with Crippen molar-refractivity contribution in [3.8, 4) is 11.5 Å². The molecule has 0 aliphatic rings. The van der Waals surface area contributed by atoms with Crippen molar-refractivity contribution in [2.24, 2.45) is 5.92 Å². The van der Waals surface area contributed by atoms with Crippen molar-refractivity contribution in [3.63, 3.8) is 0 Å². The summed E-state index contributed by atoms with van der Waals surface area (Å²) in [6.07, 6.45) is 1.03. The first-order valence-corrected chi connectivity index (χ1v) is 13.5. The predicted molar refractivity (Wildman–Crippen MR) is 141 cm³/mol. The second kappa shape index (κ2) is 12.6. The fourth-order valence-corrected chi connectivity index (χ4v) is 4.36. The van der Waals surface area contributed by atoms with Crippen LogP contribution in [-0.2, 0) is 26.2 Å². The van der Waals surface area contributed by atoms with Gasteiger partial charge in [-0.3, -0.25) is 13.9 Å². The fraction of sp³-hybridized carbons (Fsp3) is 0.462. The molecule has 9 nitrogen and oxygen atoms in total. The number of sulfonamides is 1. The third kappa shape index (κ3) is 7.87. The average Bonchev–Trinajstić information content (AvgIpc) is 2.83. The molecule has 0 aromatic heterocycles. The molecule has 1 atom stereocenters. The molecule has 0 bridgehead atoms. The van der Waals surface area contributed by atoms with E-state index in [1.165, 1.54) is 25.2 Å². The van der Waals surface area contributed by atoms with Gasteiger partial charge in [-0.2, -0.15) is 0 Å². The first kappa shape index (κ1) is 29.0. The number of amides is 2. The molecule has 0 saturated carbocycles. The Bertz CT molecular complexity index is 1150. The lowest BCUT2D eigenvalue weighted by Crippen LogP contribution is -2.51. The number of anilines is 1. The summed E-state index contributed by atoms with van der Waals surface area (Å²) in [5.41, 5.74) is 2.14. The summed E-state index contributed by atoms with van der Waals surface area (Å²) >= 11 is 0. The highest BCUT2D eigenvalue weighted by Crippen LogP contribution is 2.32. The van der Waals surface area contributed by atoms with Crippen LogP contribution in [0.4, 0.5) is 5.69 Å². The van der Waals surface area contributed by atoms with Crippen LogP contribution in [0.15, 0.2) is 42.5 Å². The lowest BCUT2D eigenvalue weighted by molar-refractivity contribution is -0.139. The molecule has 2 amide bonds. The highest BCUT2D eigenvalue weighted by molar-refractivity contribution is 7.92. The molecule has 2 aromatic rings. The highest BCUT2D eigenvalue weighted by Gasteiger charge is 2.30. The van der Waals surface area contributed by atoms with Crippen molar-refractivity contribution >= 4 is 27.5 Å². The predicted octanol–water partition coefficient (Wildman–Crippen LogP) is 2.97. The summed E-state index contributed by atoms with van der Waals surface area (Å²) in [5.74, 6) is 0.184. The summed E-state index contributed by atoms with van der Waals surface area (Å²) in [4.78, 5) is 27.9. The van der Waals surface area contributed by atoms with Gasteiger partial charge in [-0.15, -0.1) is 0 Å². The number of hydrogen-bond donors (Lipinski definition) is 1. The molecule has 0 aliphatic heterocycles. The molecule has 2 rings (SSSR count). The van der Waals surface area contributed by atoms with Crippen molar-refractivity contribution in [2.45, 2.75) is 40.3 Å². The van der Waals surface area contributed by atoms with Gasteiger partial charge in [0, 0.05) is 19.2 Å². The van der Waals surface area contributed by atoms with Gasteiger partial charge in [0.2, 0.25) is 21.8 Å². The first-order chi connectivity index (χ1) is 16.9. The van der Waals surface area contributed by atoms with Crippen LogP contribution < -0.4 is 19.1 Å². The van der Waals surface area contributed by atoms with E-state index in [9.17, 15) is 18.0 Å². The van der Waals surface area contributed by atoms with Gasteiger partial charge in [-0.25, -0.2) is 8.42 Å². The molecule has 0 heterocycles. The number of rotatable bonds is 12. The summed E-state index contributed by atoms with van der Waals surface area (Å²) in [6.45, 7) is 7.70. The summed E-state index contributed by atoms with van der Waals surface area (Å²) in [6, 6.07) is 11.4. The van der Waals surface area contributed by atoms with Gasteiger partial charge in [-0.1, -0.05) is 43.7 Å². The number of benzene rings is 2. The Kier molecular flexibility index (Phi) is 10.2. The van der Waals surface area contributed by atoms with Gasteiger partial charge in [0.1, 0.15) is 12.6 Å². The Labute approximate surface area is 214 Å². The molecule has 0 spiro atoms. The molecule has 0 aliphatic carbocycles. The molecule has 10 heteroatoms. The summed E-state index contributed by atoms with van der Waals surface area (Å²) in [5, 5.41) is 2.86. The minimum absolute atomic E-state index is 0.152. The second-order valence-corrected chi connectivity index (χ2v) is 11.0. The standard InChI is InChI=1S/C26H37N3O6S/c1-18(2)15-27-26(31)20(4)28(16-21-10-8-19(3)9-11-21)25(30)17-29(36(7,32)33)22-12-13-23(34-5)24(14-22)35-6/h8-14,18,20H,15-17H2,1-7H3,(H,27,31). The minimum atomic E-state index is -3.85. The van der Waals surface area contributed by atoms with Gasteiger partial charge in [0.25, 0.3) is 0 Å². The van der Waals surface area contributed by atoms with E-state index in [1.807, 2.05) is 45.0 Å². The minimum Gasteiger partial charge on any atom is -0.493 e. The van der Waals surface area contributed by atoms with Crippen LogP contribution in [0.5, 0.6) is 11.5 Å². The molecule has 198 valence electrons. The van der Waals surface area contributed by atoms with Crippen molar-refractivity contribution < 1.29 is 27.5 Å². The quantitative estimate of drug-likeness (QED) is 0.462. The van der Waals surface area contributed by atoms with E-state index < -0.39 is 28.5 Å². The van der Waals surface area contributed by atoms with Gasteiger partial charge in [0.05, 0.1) is 26.2 Å². The van der Waals surface area contributed by atoms with Crippen LogP contribution in [0.2, 0.25) is 0 Å². The van der Waals surface area contributed by atoms with Crippen LogP contribution in [-0.4, -0.2) is 64.7 Å². The summed E-state index contributed by atoms with van der Waals surface area (Å²) < 4.78 is 37.0. The number of aryl methyl sites for hydroxylation is 1. The Morgan fingerprint density at radius 2 is 1.58 bits per heavy atom. The molecule has 1 unspecified atom stereocenters. The van der Waals surface area contributed by atoms with E-state index in [0.29, 0.717) is 18.0 Å². The van der Waals surface area contributed by atoms with E-state index in [2.05, 4.69) is 5.32 Å². The molecule has 0 fully saturated rings. The van der Waals surface area contributed by atoms with E-state index in [1.54, 1.807) is 19.1 Å². The third-order valence-electron chi connectivity index (χ3n) is 5.66. The zero-order valence-corrected chi connectivity index (χ0v) is 22.9. The number of nitrogens with one attached hydrogen (secondary N) is 1. The van der Waals surface area contributed by atoms with Crippen LogP contribution in [0.3, 0.4) is 0 Å². The lowest BCUT2D eigenvalue weighted by atomic mass is 10.1. The number of ether oxygens (including phenoxy) is 2. The molecule has 0 radical (unpaired) electrons. The molecule has 1 N–H and O–H groups in total. The maximum absolute atomic E-state index is 13.6. The first-order valence-electron chi connectivity index (χ1n) is 11.7. The van der Waals surface area contributed by atoms with Crippen LogP contribution >= 0.6 is 0 Å². The second-order valence-electron chi connectivity index (χ2n) is 9.13. The number of methoxy groups -OCH3 is 2. The normalized spacial score (nSPS) is 12.1. The van der Waals surface area contributed by atoms with Gasteiger partial charge >= 0.3 is 0 Å². The number of hydrogen-bond acceptors (Lipinski definition) is 6. The van der Waals surface area contributed by atoms with Crippen molar-refractivity contribution in [1.29, 1.82) is 0 Å². The molecular formula is C26H37N3O6S. The van der Waals surface area contributed by atoms with Gasteiger partial charge in [-0.05, 0) is 37.5 Å². The molecule has 0 saturated heterocycles. The maximum Gasteiger partial charge on any atom is 0.244 e. The largest absolute Gasteiger partial charge is 0.493 e. The highest BCUT2D eigenvalue weighted by atomic mass is 32.2. The Morgan fingerprint density at radius 3 is 2.11 bits per heavy atom. The van der Waals surface area contributed by atoms with Crippen LogP contribution in [0, 0.1) is 12.8 Å². The average molecular weight is 520 g/mol. The third-order valence-corrected chi connectivity index (χ3v) is 6.80. The smallest absolute Gasteiger partial charge is 0.244 e. The summed E-state index contributed by atoms with van der Waals surface area (Å²) in [7, 11) is -0.929. The van der Waals surface area contributed by atoms with E-state index in [4.69, 9.17) is 9.47 Å². The molecule has 2 aromatic carbocycles. The topological polar surface area (TPSA) is 105 Å². The molecular weight excluding hydrogens is 482 g/mol. The maximum atomic E-state index is 13.6. The fourth-order valence-electron chi connectivity index (χ4n) is 3.52. The Balaban J connectivity index is 2.41. The Hall–Kier alpha value is -3.27. The van der Waals surface area contributed by atoms with Gasteiger partial charge < -0.3 is 19.7 Å². The van der Waals surface area contributed by atoms with Crippen molar-refractivity contribution in [3.05, 3.63) is 53.6 Å². The number of carbonyl (C=O) groups is 2. The zero-order chi connectivity index (χ0) is 27.0. The SMILES string of the molecule is COc1ccc(N(CC(=O)N(Cc2ccc(C)cc2)C(C)C(=O)NCC(C)C)S(C)(=O)=O)cc1OC. The van der Waals surface area contributed by atoms with Crippen molar-refractivity contribution in [1.82, 2.24) is 10.2 Å². The van der Waals surface area contributed by atoms with Crippen molar-refractivity contribution in [2.75, 3.05) is 37.9 Å². The lowest BCUT2D eigenvalue weighted by Gasteiger charge is -2.31. The number of nitrogens with zero attached hydrogens (tertiary/aromatic N) is 2. The zero-order valence-electron chi connectivity index (χ0n) is 22.1. The van der Waals surface area contributed by atoms with Gasteiger partial charge in [0.15, 0.2) is 11.5 Å². The molecule has 36 heavy (non-hydrogen) atoms. The van der Waals surface area contributed by atoms with E-state index in [0.717, 1.165) is 21.7 Å². The van der Waals surface area contributed by atoms with E-state index >= 15 is 0 Å². The van der Waals surface area contributed by atoms with Crippen LogP contribution in [0.25, 0.3) is 0 Å². The Morgan fingerprint density at radius 1 is 0.972 bits per heavy atom. The van der Waals surface area contributed by atoms with Crippen LogP contribution in [0.1, 0.15) is 31.9 Å².